The molecule has 2 aromatic carbocycles. The summed E-state index contributed by atoms with van der Waals surface area (Å²) in [6.07, 6.45) is 1.69. The molecular weight excluding hydrogens is 374 g/mol. The fraction of sp³-hybridized carbons (Fsp3) is 0.200. The number of nitrogens with zero attached hydrogens (tertiary/aromatic N) is 3. The number of likely N-dealkylation sites (tertiary alicyclic amines) is 1. The van der Waals surface area contributed by atoms with Crippen molar-refractivity contribution in [1.82, 2.24) is 15.1 Å². The number of nitrogens with one attached hydrogen (secondary N) is 2. The normalized spacial score (nSPS) is 16.0. The average Bonchev–Trinajstić information content (AvgIpc) is 3.39. The van der Waals surface area contributed by atoms with Gasteiger partial charge >= 0.3 is 6.03 Å². The van der Waals surface area contributed by atoms with Crippen molar-refractivity contribution in [3.05, 3.63) is 70.7 Å². The largest absolute Gasteiger partial charge is 0.322 e. The molecule has 2 N–H and O–H groups in total. The van der Waals surface area contributed by atoms with Crippen LogP contribution in [0.1, 0.15) is 33.7 Å². The fourth-order valence-corrected chi connectivity index (χ4v) is 4.04. The smallest absolute Gasteiger partial charge is 0.320 e. The zero-order valence-electron chi connectivity index (χ0n) is 15.0. The number of aromatic nitrogens is 2. The van der Waals surface area contributed by atoms with E-state index in [0.29, 0.717) is 17.2 Å². The predicted molar refractivity (Wildman–Crippen MR) is 108 cm³/mol. The van der Waals surface area contributed by atoms with Crippen LogP contribution in [0.3, 0.4) is 0 Å². The Morgan fingerprint density at radius 3 is 2.25 bits per heavy atom. The summed E-state index contributed by atoms with van der Waals surface area (Å²) in [5, 5.41) is 14.9. The molecule has 0 saturated carbocycles. The van der Waals surface area contributed by atoms with Crippen molar-refractivity contribution in [3.63, 3.8) is 0 Å². The van der Waals surface area contributed by atoms with Gasteiger partial charge in [0.15, 0.2) is 0 Å². The summed E-state index contributed by atoms with van der Waals surface area (Å²) in [6.45, 7) is 0.647. The highest BCUT2D eigenvalue weighted by Crippen LogP contribution is 2.34. The van der Waals surface area contributed by atoms with E-state index in [2.05, 4.69) is 20.8 Å². The molecule has 0 bridgehead atoms. The molecule has 7 nitrogen and oxygen atoms in total. The number of rotatable bonds is 4. The molecule has 0 unspecified atom stereocenters. The van der Waals surface area contributed by atoms with Gasteiger partial charge < -0.3 is 15.5 Å². The summed E-state index contributed by atoms with van der Waals surface area (Å²) < 4.78 is 0. The molecule has 3 aromatic rings. The second-order valence-corrected chi connectivity index (χ2v) is 7.42. The maximum absolute atomic E-state index is 12.7. The third-order valence-corrected chi connectivity index (χ3v) is 5.51. The molecule has 1 saturated heterocycles. The first-order chi connectivity index (χ1) is 13.7. The van der Waals surface area contributed by atoms with E-state index < -0.39 is 0 Å². The van der Waals surface area contributed by atoms with Gasteiger partial charge in [-0.25, -0.2) is 4.79 Å². The van der Waals surface area contributed by atoms with Crippen molar-refractivity contribution in [2.24, 2.45) is 0 Å². The summed E-state index contributed by atoms with van der Waals surface area (Å²) in [7, 11) is 0. The second kappa shape index (κ2) is 8.18. The average molecular weight is 393 g/mol. The lowest BCUT2D eigenvalue weighted by molar-refractivity contribution is 0.102. The van der Waals surface area contributed by atoms with E-state index in [1.165, 1.54) is 11.3 Å². The second-order valence-electron chi connectivity index (χ2n) is 6.41. The van der Waals surface area contributed by atoms with Crippen LogP contribution in [0.4, 0.5) is 16.2 Å². The molecule has 28 heavy (non-hydrogen) atoms. The van der Waals surface area contributed by atoms with Crippen molar-refractivity contribution < 1.29 is 9.59 Å². The van der Waals surface area contributed by atoms with Crippen LogP contribution in [-0.4, -0.2) is 33.6 Å². The minimum Gasteiger partial charge on any atom is -0.320 e. The predicted octanol–water partition coefficient (Wildman–Crippen LogP) is 4.16. The molecule has 3 amide bonds. The molecule has 0 aliphatic carbocycles. The zero-order chi connectivity index (χ0) is 19.3. The van der Waals surface area contributed by atoms with Gasteiger partial charge in [0.25, 0.3) is 5.91 Å². The first kappa shape index (κ1) is 18.1. The van der Waals surface area contributed by atoms with E-state index in [1.54, 1.807) is 4.90 Å². The van der Waals surface area contributed by atoms with Crippen LogP contribution in [0.5, 0.6) is 0 Å². The number of anilines is 2. The van der Waals surface area contributed by atoms with Gasteiger partial charge in [-0.15, -0.1) is 10.2 Å². The van der Waals surface area contributed by atoms with E-state index in [4.69, 9.17) is 0 Å². The Hall–Kier alpha value is -3.26. The van der Waals surface area contributed by atoms with Crippen LogP contribution in [-0.2, 0) is 0 Å². The van der Waals surface area contributed by atoms with Gasteiger partial charge in [-0.05, 0) is 37.1 Å². The van der Waals surface area contributed by atoms with E-state index in [-0.39, 0.29) is 23.0 Å². The quantitative estimate of drug-likeness (QED) is 0.697. The minimum atomic E-state index is -0.298. The molecule has 8 heteroatoms. The molecule has 142 valence electrons. The van der Waals surface area contributed by atoms with Crippen molar-refractivity contribution in [1.29, 1.82) is 0 Å². The molecule has 0 spiro atoms. The molecular formula is C20H19N5O2S. The minimum absolute atomic E-state index is 0.167. The molecule has 2 heterocycles. The highest BCUT2D eigenvalue weighted by atomic mass is 32.1. The molecule has 0 radical (unpaired) electrons. The lowest BCUT2D eigenvalue weighted by atomic mass is 10.2. The number of hydrogen-bond acceptors (Lipinski definition) is 5. The number of benzene rings is 2. The highest BCUT2D eigenvalue weighted by molar-refractivity contribution is 7.13. The van der Waals surface area contributed by atoms with Crippen LogP contribution >= 0.6 is 11.3 Å². The first-order valence-corrected chi connectivity index (χ1v) is 9.85. The van der Waals surface area contributed by atoms with Gasteiger partial charge in [-0.3, -0.25) is 4.79 Å². The molecule has 1 fully saturated rings. The summed E-state index contributed by atoms with van der Waals surface area (Å²) in [6, 6.07) is 18.2. The van der Waals surface area contributed by atoms with E-state index in [0.717, 1.165) is 18.5 Å². The number of amides is 3. The number of carbonyl (C=O) groups excluding carboxylic acids is 2. The fourth-order valence-electron chi connectivity index (χ4n) is 3.15. The lowest BCUT2D eigenvalue weighted by Gasteiger charge is -2.23. The summed E-state index contributed by atoms with van der Waals surface area (Å²) in [4.78, 5) is 26.8. The molecule has 1 aliphatic rings. The van der Waals surface area contributed by atoms with E-state index in [1.807, 2.05) is 60.7 Å². The van der Waals surface area contributed by atoms with Crippen molar-refractivity contribution in [2.75, 3.05) is 17.2 Å². The summed E-state index contributed by atoms with van der Waals surface area (Å²) >= 11 is 1.23. The number of carbonyl (C=O) groups is 2. The van der Waals surface area contributed by atoms with Crippen LogP contribution in [0, 0.1) is 0 Å². The maximum Gasteiger partial charge on any atom is 0.322 e. The van der Waals surface area contributed by atoms with Crippen LogP contribution in [0.25, 0.3) is 0 Å². The van der Waals surface area contributed by atoms with Crippen LogP contribution in [0.15, 0.2) is 60.7 Å². The number of urea groups is 1. The third kappa shape index (κ3) is 4.01. The van der Waals surface area contributed by atoms with E-state index in [9.17, 15) is 9.59 Å². The van der Waals surface area contributed by atoms with E-state index >= 15 is 0 Å². The van der Waals surface area contributed by atoms with Crippen molar-refractivity contribution in [2.45, 2.75) is 18.9 Å². The van der Waals surface area contributed by atoms with Gasteiger partial charge in [0.2, 0.25) is 5.01 Å². The Kier molecular flexibility index (Phi) is 5.29. The van der Waals surface area contributed by atoms with Crippen LogP contribution in [0.2, 0.25) is 0 Å². The Labute approximate surface area is 166 Å². The zero-order valence-corrected chi connectivity index (χ0v) is 15.9. The highest BCUT2D eigenvalue weighted by Gasteiger charge is 2.33. The Morgan fingerprint density at radius 1 is 0.929 bits per heavy atom. The van der Waals surface area contributed by atoms with Gasteiger partial charge in [0.1, 0.15) is 5.01 Å². The standard InChI is InChI=1S/C20H19N5O2S/c26-17(21-14-8-3-1-4-9-14)19-24-23-18(28-19)16-12-7-13-25(16)20(27)22-15-10-5-2-6-11-15/h1-6,8-11,16H,7,12-13H2,(H,21,26)(H,22,27)/t16-/m0/s1. The molecule has 1 atom stereocenters. The van der Waals surface area contributed by atoms with Crippen LogP contribution < -0.4 is 10.6 Å². The Morgan fingerprint density at radius 2 is 1.57 bits per heavy atom. The molecule has 4 rings (SSSR count). The molecule has 1 aromatic heterocycles. The van der Waals surface area contributed by atoms with Gasteiger partial charge in [0.05, 0.1) is 6.04 Å². The first-order valence-electron chi connectivity index (χ1n) is 9.03. The maximum atomic E-state index is 12.7. The monoisotopic (exact) mass is 393 g/mol. The van der Waals surface area contributed by atoms with Crippen molar-refractivity contribution >= 4 is 34.6 Å². The number of para-hydroxylation sites is 2. The van der Waals surface area contributed by atoms with Gasteiger partial charge in [-0.1, -0.05) is 47.7 Å². The van der Waals surface area contributed by atoms with Gasteiger partial charge in [0, 0.05) is 17.9 Å². The summed E-state index contributed by atoms with van der Waals surface area (Å²) in [5.74, 6) is -0.298. The summed E-state index contributed by atoms with van der Waals surface area (Å²) in [5.41, 5.74) is 1.45. The molecule has 1 aliphatic heterocycles. The Balaban J connectivity index is 1.45. The SMILES string of the molecule is O=C(Nc1ccccc1)c1nnc([C@@H]2CCCN2C(=O)Nc2ccccc2)s1. The number of hydrogen-bond donors (Lipinski definition) is 2. The van der Waals surface area contributed by atoms with Crippen molar-refractivity contribution in [3.8, 4) is 0 Å². The third-order valence-electron chi connectivity index (χ3n) is 4.49. The lowest BCUT2D eigenvalue weighted by Crippen LogP contribution is -2.34. The van der Waals surface area contributed by atoms with Gasteiger partial charge in [-0.2, -0.15) is 0 Å². The Bertz CT molecular complexity index is 961. The topological polar surface area (TPSA) is 87.2 Å².